The molecule has 1 heterocycles. The van der Waals surface area contributed by atoms with Crippen LogP contribution in [0.25, 0.3) is 10.9 Å². The molecular weight excluding hydrogens is 212 g/mol. The molecule has 0 aliphatic heterocycles. The van der Waals surface area contributed by atoms with Crippen LogP contribution < -0.4 is 10.6 Å². The lowest BCUT2D eigenvalue weighted by atomic mass is 10.2. The molecule has 1 aromatic carbocycles. The van der Waals surface area contributed by atoms with Crippen molar-refractivity contribution < 1.29 is 0 Å². The van der Waals surface area contributed by atoms with Gasteiger partial charge in [-0.25, -0.2) is 4.98 Å². The van der Waals surface area contributed by atoms with Gasteiger partial charge < -0.3 is 10.6 Å². The number of nitrogens with one attached hydrogen (secondary N) is 2. The normalized spacial score (nSPS) is 12.4. The number of anilines is 2. The molecule has 0 saturated heterocycles. The van der Waals surface area contributed by atoms with E-state index in [1.807, 2.05) is 31.3 Å². The Balaban J connectivity index is 2.50. The molecular formula is C13H18N4. The van der Waals surface area contributed by atoms with Crippen LogP contribution >= 0.6 is 0 Å². The van der Waals surface area contributed by atoms with E-state index in [9.17, 15) is 0 Å². The molecule has 1 aromatic heterocycles. The number of aromatic nitrogens is 2. The molecule has 0 aliphatic carbocycles. The van der Waals surface area contributed by atoms with E-state index in [0.717, 1.165) is 23.1 Å². The maximum absolute atomic E-state index is 4.47. The van der Waals surface area contributed by atoms with E-state index in [4.69, 9.17) is 0 Å². The molecule has 0 aliphatic rings. The van der Waals surface area contributed by atoms with Gasteiger partial charge in [-0.05, 0) is 25.5 Å². The van der Waals surface area contributed by atoms with E-state index in [2.05, 4.69) is 34.4 Å². The van der Waals surface area contributed by atoms with Crippen molar-refractivity contribution >= 4 is 22.7 Å². The molecule has 2 N–H and O–H groups in total. The Kier molecular flexibility index (Phi) is 3.42. The number of rotatable bonds is 4. The molecule has 17 heavy (non-hydrogen) atoms. The van der Waals surface area contributed by atoms with Gasteiger partial charge in [-0.15, -0.1) is 0 Å². The highest BCUT2D eigenvalue weighted by Gasteiger charge is 2.08. The van der Waals surface area contributed by atoms with Crippen molar-refractivity contribution in [2.45, 2.75) is 26.3 Å². The van der Waals surface area contributed by atoms with Crippen molar-refractivity contribution in [3.8, 4) is 0 Å². The fourth-order valence-electron chi connectivity index (χ4n) is 1.63. The summed E-state index contributed by atoms with van der Waals surface area (Å²) in [6.07, 6.45) is 1.06. The molecule has 2 aromatic rings. The zero-order valence-corrected chi connectivity index (χ0v) is 10.5. The molecule has 0 bridgehead atoms. The van der Waals surface area contributed by atoms with Gasteiger partial charge in [-0.1, -0.05) is 19.1 Å². The fourth-order valence-corrected chi connectivity index (χ4v) is 1.63. The van der Waals surface area contributed by atoms with E-state index in [1.165, 1.54) is 0 Å². The quantitative estimate of drug-likeness (QED) is 0.848. The van der Waals surface area contributed by atoms with Crippen LogP contribution in [0.4, 0.5) is 11.8 Å². The molecule has 1 unspecified atom stereocenters. The van der Waals surface area contributed by atoms with Gasteiger partial charge >= 0.3 is 0 Å². The third kappa shape index (κ3) is 2.46. The standard InChI is InChI=1S/C13H18N4/c1-4-9(2)15-12-10-7-5-6-8-11(10)16-13(14-3)17-12/h5-9H,4H2,1-3H3,(H2,14,15,16,17). The first-order valence-corrected chi connectivity index (χ1v) is 5.95. The zero-order valence-electron chi connectivity index (χ0n) is 10.5. The van der Waals surface area contributed by atoms with Gasteiger partial charge in [0, 0.05) is 18.5 Å². The Bertz CT molecular complexity index is 510. The van der Waals surface area contributed by atoms with Crippen LogP contribution in [0.3, 0.4) is 0 Å². The van der Waals surface area contributed by atoms with E-state index < -0.39 is 0 Å². The highest BCUT2D eigenvalue weighted by Crippen LogP contribution is 2.22. The van der Waals surface area contributed by atoms with Crippen molar-refractivity contribution in [3.63, 3.8) is 0 Å². The second-order valence-electron chi connectivity index (χ2n) is 4.12. The van der Waals surface area contributed by atoms with Crippen LogP contribution in [0.1, 0.15) is 20.3 Å². The Labute approximate surface area is 101 Å². The van der Waals surface area contributed by atoms with Crippen molar-refractivity contribution in [3.05, 3.63) is 24.3 Å². The highest BCUT2D eigenvalue weighted by atomic mass is 15.1. The predicted octanol–water partition coefficient (Wildman–Crippen LogP) is 2.88. The van der Waals surface area contributed by atoms with Crippen LogP contribution in [0.5, 0.6) is 0 Å². The third-order valence-corrected chi connectivity index (χ3v) is 2.82. The Morgan fingerprint density at radius 2 is 2.00 bits per heavy atom. The predicted molar refractivity (Wildman–Crippen MR) is 72.5 cm³/mol. The summed E-state index contributed by atoms with van der Waals surface area (Å²) in [5, 5.41) is 7.47. The number of para-hydroxylation sites is 1. The second-order valence-corrected chi connectivity index (χ2v) is 4.12. The topological polar surface area (TPSA) is 49.8 Å². The van der Waals surface area contributed by atoms with Crippen LogP contribution in [-0.2, 0) is 0 Å². The monoisotopic (exact) mass is 230 g/mol. The van der Waals surface area contributed by atoms with Gasteiger partial charge in [0.2, 0.25) is 5.95 Å². The SMILES string of the molecule is CCC(C)Nc1nc(NC)nc2ccccc12. The summed E-state index contributed by atoms with van der Waals surface area (Å²) >= 11 is 0. The van der Waals surface area contributed by atoms with E-state index in [0.29, 0.717) is 12.0 Å². The van der Waals surface area contributed by atoms with Gasteiger partial charge in [-0.2, -0.15) is 4.98 Å². The first-order valence-electron chi connectivity index (χ1n) is 5.95. The molecule has 4 nitrogen and oxygen atoms in total. The highest BCUT2D eigenvalue weighted by molar-refractivity contribution is 5.90. The summed E-state index contributed by atoms with van der Waals surface area (Å²) < 4.78 is 0. The number of hydrogen-bond donors (Lipinski definition) is 2. The average Bonchev–Trinajstić information content (AvgIpc) is 2.38. The number of nitrogens with zero attached hydrogens (tertiary/aromatic N) is 2. The first kappa shape index (κ1) is 11.6. The third-order valence-electron chi connectivity index (χ3n) is 2.82. The molecule has 1 atom stereocenters. The number of benzene rings is 1. The van der Waals surface area contributed by atoms with E-state index >= 15 is 0 Å². The van der Waals surface area contributed by atoms with Gasteiger partial charge in [0.1, 0.15) is 5.82 Å². The van der Waals surface area contributed by atoms with Crippen molar-refractivity contribution in [2.75, 3.05) is 17.7 Å². The van der Waals surface area contributed by atoms with Gasteiger partial charge in [-0.3, -0.25) is 0 Å². The summed E-state index contributed by atoms with van der Waals surface area (Å²) in [5.41, 5.74) is 0.956. The Morgan fingerprint density at radius 1 is 1.24 bits per heavy atom. The van der Waals surface area contributed by atoms with Crippen molar-refractivity contribution in [1.82, 2.24) is 9.97 Å². The maximum Gasteiger partial charge on any atom is 0.224 e. The van der Waals surface area contributed by atoms with Crippen LogP contribution in [0.2, 0.25) is 0 Å². The summed E-state index contributed by atoms with van der Waals surface area (Å²) in [6.45, 7) is 4.30. The van der Waals surface area contributed by atoms with Crippen LogP contribution in [0, 0.1) is 0 Å². The molecule has 0 amide bonds. The molecule has 4 heteroatoms. The average molecular weight is 230 g/mol. The zero-order chi connectivity index (χ0) is 12.3. The summed E-state index contributed by atoms with van der Waals surface area (Å²) in [4.78, 5) is 8.90. The summed E-state index contributed by atoms with van der Waals surface area (Å²) in [5.74, 6) is 1.55. The lowest BCUT2D eigenvalue weighted by Gasteiger charge is -2.14. The lowest BCUT2D eigenvalue weighted by Crippen LogP contribution is -2.15. The molecule has 0 radical (unpaired) electrons. The molecule has 0 saturated carbocycles. The summed E-state index contributed by atoms with van der Waals surface area (Å²) in [6, 6.07) is 8.44. The van der Waals surface area contributed by atoms with E-state index in [-0.39, 0.29) is 0 Å². The Morgan fingerprint density at radius 3 is 2.71 bits per heavy atom. The second kappa shape index (κ2) is 4.99. The van der Waals surface area contributed by atoms with Crippen LogP contribution in [0.15, 0.2) is 24.3 Å². The minimum absolute atomic E-state index is 0.401. The fraction of sp³-hybridized carbons (Fsp3) is 0.385. The molecule has 2 rings (SSSR count). The number of fused-ring (bicyclic) bond motifs is 1. The minimum Gasteiger partial charge on any atom is -0.367 e. The lowest BCUT2D eigenvalue weighted by molar-refractivity contribution is 0.760. The maximum atomic E-state index is 4.47. The minimum atomic E-state index is 0.401. The van der Waals surface area contributed by atoms with Crippen molar-refractivity contribution in [1.29, 1.82) is 0 Å². The Hall–Kier alpha value is -1.84. The van der Waals surface area contributed by atoms with Crippen LogP contribution in [-0.4, -0.2) is 23.1 Å². The largest absolute Gasteiger partial charge is 0.367 e. The van der Waals surface area contributed by atoms with Gasteiger partial charge in [0.15, 0.2) is 0 Å². The van der Waals surface area contributed by atoms with Crippen molar-refractivity contribution in [2.24, 2.45) is 0 Å². The van der Waals surface area contributed by atoms with Gasteiger partial charge in [0.05, 0.1) is 5.52 Å². The van der Waals surface area contributed by atoms with Gasteiger partial charge in [0.25, 0.3) is 0 Å². The smallest absolute Gasteiger partial charge is 0.224 e. The molecule has 90 valence electrons. The molecule has 0 spiro atoms. The van der Waals surface area contributed by atoms with E-state index in [1.54, 1.807) is 0 Å². The first-order chi connectivity index (χ1) is 8.24. The molecule has 0 fully saturated rings. The number of hydrogen-bond acceptors (Lipinski definition) is 4. The summed E-state index contributed by atoms with van der Waals surface area (Å²) in [7, 11) is 1.83.